The Hall–Kier alpha value is -0.540. The quantitative estimate of drug-likeness (QED) is 0.772. The molecule has 0 aromatic heterocycles. The van der Waals surface area contributed by atoms with E-state index in [2.05, 4.69) is 15.9 Å². The molecule has 76 valence electrons. The van der Waals surface area contributed by atoms with Gasteiger partial charge in [0.1, 0.15) is 0 Å². The number of carbonyl (C=O) groups excluding carboxylic acids is 1. The number of nitrogens with zero attached hydrogens (tertiary/aromatic N) is 1. The van der Waals surface area contributed by atoms with Crippen molar-refractivity contribution in [1.82, 2.24) is 4.90 Å². The van der Waals surface area contributed by atoms with E-state index in [1.807, 2.05) is 29.2 Å². The molecule has 0 unspecified atom stereocenters. The Morgan fingerprint density at radius 3 is 2.21 bits per heavy atom. The van der Waals surface area contributed by atoms with Gasteiger partial charge in [-0.1, -0.05) is 15.9 Å². The monoisotopic (exact) mass is 275 g/mol. The molecular weight excluding hydrogens is 265 g/mol. The van der Waals surface area contributed by atoms with Gasteiger partial charge < -0.3 is 4.90 Å². The van der Waals surface area contributed by atoms with Gasteiger partial charge in [-0.05, 0) is 30.7 Å². The molecule has 0 aliphatic carbocycles. The first-order valence-electron chi connectivity index (χ1n) is 4.32. The van der Waals surface area contributed by atoms with Gasteiger partial charge in [-0.3, -0.25) is 4.79 Å². The average Bonchev–Trinajstić information content (AvgIpc) is 2.02. The van der Waals surface area contributed by atoms with Crippen molar-refractivity contribution in [2.24, 2.45) is 0 Å². The molecule has 1 amide bonds. The van der Waals surface area contributed by atoms with E-state index in [-0.39, 0.29) is 18.3 Å². The molecular formula is C10H11BrClNO. The summed E-state index contributed by atoms with van der Waals surface area (Å²) in [5.74, 6) is 0.152. The van der Waals surface area contributed by atoms with Crippen molar-refractivity contribution in [3.8, 4) is 0 Å². The maximum absolute atomic E-state index is 11.6. The maximum atomic E-state index is 11.6. The van der Waals surface area contributed by atoms with Crippen LogP contribution in [0.15, 0.2) is 28.7 Å². The first-order chi connectivity index (χ1) is 6.27. The molecule has 1 aliphatic heterocycles. The topological polar surface area (TPSA) is 20.3 Å². The molecule has 2 nitrogen and oxygen atoms in total. The Kier molecular flexibility index (Phi) is 3.96. The van der Waals surface area contributed by atoms with E-state index < -0.39 is 0 Å². The van der Waals surface area contributed by atoms with Crippen LogP contribution in [0.5, 0.6) is 0 Å². The summed E-state index contributed by atoms with van der Waals surface area (Å²) >= 11 is 3.34. The van der Waals surface area contributed by atoms with Crippen LogP contribution in [0.3, 0.4) is 0 Å². The Bertz CT molecular complexity index is 321. The zero-order valence-electron chi connectivity index (χ0n) is 7.57. The fraction of sp³-hybridized carbons (Fsp3) is 0.300. The summed E-state index contributed by atoms with van der Waals surface area (Å²) in [6.45, 7) is 1.82. The van der Waals surface area contributed by atoms with E-state index in [1.165, 1.54) is 0 Å². The van der Waals surface area contributed by atoms with E-state index >= 15 is 0 Å². The van der Waals surface area contributed by atoms with Gasteiger partial charge in [-0.15, -0.1) is 12.4 Å². The number of hydrogen-bond acceptors (Lipinski definition) is 1. The van der Waals surface area contributed by atoms with Crippen LogP contribution in [0.25, 0.3) is 0 Å². The number of benzene rings is 1. The summed E-state index contributed by atoms with van der Waals surface area (Å²) in [6, 6.07) is 7.50. The van der Waals surface area contributed by atoms with Crippen molar-refractivity contribution < 1.29 is 4.79 Å². The van der Waals surface area contributed by atoms with Crippen molar-refractivity contribution in [1.29, 1.82) is 0 Å². The van der Waals surface area contributed by atoms with Gasteiger partial charge in [0, 0.05) is 23.1 Å². The van der Waals surface area contributed by atoms with Gasteiger partial charge in [-0.25, -0.2) is 0 Å². The lowest BCUT2D eigenvalue weighted by Crippen LogP contribution is -2.41. The molecule has 1 aliphatic rings. The van der Waals surface area contributed by atoms with E-state index in [1.54, 1.807) is 0 Å². The molecule has 0 spiro atoms. The number of rotatable bonds is 1. The van der Waals surface area contributed by atoms with Crippen molar-refractivity contribution in [2.45, 2.75) is 6.42 Å². The number of hydrogen-bond donors (Lipinski definition) is 0. The second-order valence-corrected chi connectivity index (χ2v) is 4.07. The summed E-state index contributed by atoms with van der Waals surface area (Å²) in [5, 5.41) is 0. The minimum absolute atomic E-state index is 0. The average molecular weight is 277 g/mol. The number of halogens is 2. The van der Waals surface area contributed by atoms with Gasteiger partial charge in [-0.2, -0.15) is 0 Å². The highest BCUT2D eigenvalue weighted by Crippen LogP contribution is 2.15. The first-order valence-corrected chi connectivity index (χ1v) is 5.11. The molecule has 1 fully saturated rings. The fourth-order valence-electron chi connectivity index (χ4n) is 1.29. The molecule has 14 heavy (non-hydrogen) atoms. The SMILES string of the molecule is Cl.O=C(c1ccc(Br)cc1)N1CCC1. The van der Waals surface area contributed by atoms with Gasteiger partial charge in [0.25, 0.3) is 5.91 Å². The fourth-order valence-corrected chi connectivity index (χ4v) is 1.56. The minimum Gasteiger partial charge on any atom is -0.339 e. The lowest BCUT2D eigenvalue weighted by atomic mass is 10.1. The predicted molar refractivity (Wildman–Crippen MR) is 61.9 cm³/mol. The van der Waals surface area contributed by atoms with Crippen LogP contribution in [0, 0.1) is 0 Å². The predicted octanol–water partition coefficient (Wildman–Crippen LogP) is 2.72. The second kappa shape index (κ2) is 4.80. The third-order valence-electron chi connectivity index (χ3n) is 2.23. The van der Waals surface area contributed by atoms with Crippen molar-refractivity contribution in [3.63, 3.8) is 0 Å². The zero-order valence-corrected chi connectivity index (χ0v) is 9.97. The highest BCUT2D eigenvalue weighted by atomic mass is 79.9. The number of carbonyl (C=O) groups is 1. The Balaban J connectivity index is 0.000000980. The van der Waals surface area contributed by atoms with Crippen molar-refractivity contribution >= 4 is 34.2 Å². The van der Waals surface area contributed by atoms with E-state index in [9.17, 15) is 4.79 Å². The van der Waals surface area contributed by atoms with Crippen LogP contribution in [0.4, 0.5) is 0 Å². The van der Waals surface area contributed by atoms with Crippen molar-refractivity contribution in [3.05, 3.63) is 34.3 Å². The molecule has 0 saturated carbocycles. The van der Waals surface area contributed by atoms with E-state index in [0.29, 0.717) is 0 Å². The standard InChI is InChI=1S/C10H10BrNO.ClH/c11-9-4-2-8(3-5-9)10(13)12-6-1-7-12;/h2-5H,1,6-7H2;1H. The first kappa shape index (κ1) is 11.5. The van der Waals surface area contributed by atoms with Crippen molar-refractivity contribution in [2.75, 3.05) is 13.1 Å². The highest BCUT2D eigenvalue weighted by Gasteiger charge is 2.20. The number of amides is 1. The largest absolute Gasteiger partial charge is 0.339 e. The number of likely N-dealkylation sites (tertiary alicyclic amines) is 1. The molecule has 1 aromatic rings. The molecule has 1 aromatic carbocycles. The lowest BCUT2D eigenvalue weighted by Gasteiger charge is -2.30. The van der Waals surface area contributed by atoms with E-state index in [0.717, 1.165) is 29.5 Å². The minimum atomic E-state index is 0. The Labute approximate surface area is 97.8 Å². The zero-order chi connectivity index (χ0) is 9.26. The van der Waals surface area contributed by atoms with Crippen LogP contribution in [0.1, 0.15) is 16.8 Å². The Morgan fingerprint density at radius 2 is 1.79 bits per heavy atom. The Morgan fingerprint density at radius 1 is 1.21 bits per heavy atom. The van der Waals surface area contributed by atoms with Gasteiger partial charge in [0.05, 0.1) is 0 Å². The molecule has 2 rings (SSSR count). The normalized spacial score (nSPS) is 14.2. The molecule has 0 radical (unpaired) electrons. The van der Waals surface area contributed by atoms with Gasteiger partial charge in [0.15, 0.2) is 0 Å². The molecule has 1 heterocycles. The van der Waals surface area contributed by atoms with Crippen LogP contribution in [0.2, 0.25) is 0 Å². The maximum Gasteiger partial charge on any atom is 0.253 e. The summed E-state index contributed by atoms with van der Waals surface area (Å²) in [7, 11) is 0. The third-order valence-corrected chi connectivity index (χ3v) is 2.76. The second-order valence-electron chi connectivity index (χ2n) is 3.15. The molecule has 0 atom stereocenters. The van der Waals surface area contributed by atoms with Gasteiger partial charge in [0.2, 0.25) is 0 Å². The van der Waals surface area contributed by atoms with Crippen LogP contribution >= 0.6 is 28.3 Å². The smallest absolute Gasteiger partial charge is 0.253 e. The summed E-state index contributed by atoms with van der Waals surface area (Å²) in [4.78, 5) is 13.5. The highest BCUT2D eigenvalue weighted by molar-refractivity contribution is 9.10. The molecule has 0 N–H and O–H groups in total. The van der Waals surface area contributed by atoms with Crippen LogP contribution in [-0.4, -0.2) is 23.9 Å². The van der Waals surface area contributed by atoms with Crippen LogP contribution < -0.4 is 0 Å². The molecule has 1 saturated heterocycles. The summed E-state index contributed by atoms with van der Waals surface area (Å²) in [5.41, 5.74) is 0.780. The molecule has 4 heteroatoms. The molecule has 0 bridgehead atoms. The van der Waals surface area contributed by atoms with E-state index in [4.69, 9.17) is 0 Å². The van der Waals surface area contributed by atoms with Gasteiger partial charge >= 0.3 is 0 Å². The third kappa shape index (κ3) is 2.28. The summed E-state index contributed by atoms with van der Waals surface area (Å²) in [6.07, 6.45) is 1.14. The van der Waals surface area contributed by atoms with Crippen LogP contribution in [-0.2, 0) is 0 Å². The lowest BCUT2D eigenvalue weighted by molar-refractivity contribution is 0.0652. The summed E-state index contributed by atoms with van der Waals surface area (Å²) < 4.78 is 1.01.